The van der Waals surface area contributed by atoms with Crippen LogP contribution in [0.15, 0.2) is 53.9 Å². The summed E-state index contributed by atoms with van der Waals surface area (Å²) in [7, 11) is 0. The monoisotopic (exact) mass is 381 g/mol. The molecule has 1 aromatic heterocycles. The van der Waals surface area contributed by atoms with E-state index in [-0.39, 0.29) is 11.8 Å². The van der Waals surface area contributed by atoms with Crippen molar-refractivity contribution in [2.24, 2.45) is 0 Å². The van der Waals surface area contributed by atoms with Gasteiger partial charge in [0.05, 0.1) is 12.1 Å². The zero-order chi connectivity index (χ0) is 19.4. The number of nitrogens with zero attached hydrogens (tertiary/aromatic N) is 1. The summed E-state index contributed by atoms with van der Waals surface area (Å²) in [5.74, 6) is 0.684. The van der Waals surface area contributed by atoms with Crippen LogP contribution in [0.1, 0.15) is 38.4 Å². The zero-order valence-corrected chi connectivity index (χ0v) is 16.5. The van der Waals surface area contributed by atoms with Crippen LogP contribution in [-0.2, 0) is 16.6 Å². The number of aromatic nitrogens is 1. The van der Waals surface area contributed by atoms with Crippen molar-refractivity contribution in [1.29, 1.82) is 0 Å². The number of carbonyl (C=O) groups is 1. The summed E-state index contributed by atoms with van der Waals surface area (Å²) in [5.41, 5.74) is 2.99. The van der Waals surface area contributed by atoms with Gasteiger partial charge in [-0.05, 0) is 53.8 Å². The van der Waals surface area contributed by atoms with Crippen LogP contribution in [0.3, 0.4) is 0 Å². The van der Waals surface area contributed by atoms with Gasteiger partial charge in [-0.15, -0.1) is 11.3 Å². The normalized spacial score (nSPS) is 11.4. The maximum Gasteiger partial charge on any atom is 0.309 e. The minimum Gasteiger partial charge on any atom is -0.481 e. The van der Waals surface area contributed by atoms with Crippen molar-refractivity contribution in [3.8, 4) is 22.1 Å². The molecule has 0 amide bonds. The first-order valence-corrected chi connectivity index (χ1v) is 9.80. The molecular formula is C22H23NO3S. The topological polar surface area (TPSA) is 59.4 Å². The van der Waals surface area contributed by atoms with Crippen molar-refractivity contribution in [3.63, 3.8) is 0 Å². The predicted octanol–water partition coefficient (Wildman–Crippen LogP) is 5.92. The molecule has 0 radical (unpaired) electrons. The van der Waals surface area contributed by atoms with Crippen LogP contribution in [0.5, 0.6) is 11.5 Å². The highest BCUT2D eigenvalue weighted by Gasteiger charge is 2.17. The van der Waals surface area contributed by atoms with Crippen LogP contribution in [0, 0.1) is 0 Å². The van der Waals surface area contributed by atoms with Gasteiger partial charge in [-0.2, -0.15) is 0 Å². The fourth-order valence-corrected chi connectivity index (χ4v) is 3.48. The first kappa shape index (κ1) is 19.1. The minimum absolute atomic E-state index is 0.0530. The highest BCUT2D eigenvalue weighted by Crippen LogP contribution is 2.31. The third-order valence-corrected chi connectivity index (χ3v) is 5.68. The first-order valence-electron chi connectivity index (χ1n) is 8.92. The molecule has 2 aromatic carbocycles. The van der Waals surface area contributed by atoms with Crippen LogP contribution < -0.4 is 4.74 Å². The van der Waals surface area contributed by atoms with Crippen molar-refractivity contribution in [2.75, 3.05) is 0 Å². The molecule has 1 N–H and O–H groups in total. The molecule has 0 aliphatic rings. The van der Waals surface area contributed by atoms with Crippen molar-refractivity contribution in [3.05, 3.63) is 65.2 Å². The lowest BCUT2D eigenvalue weighted by atomic mass is 9.82. The molecule has 5 heteroatoms. The first-order chi connectivity index (χ1) is 12.9. The maximum atomic E-state index is 10.8. The molecule has 0 aliphatic carbocycles. The van der Waals surface area contributed by atoms with E-state index in [1.807, 2.05) is 36.4 Å². The molecule has 1 heterocycles. The molecule has 3 rings (SSSR count). The van der Waals surface area contributed by atoms with Gasteiger partial charge < -0.3 is 9.84 Å². The SMILES string of the molecule is CCC(C)(C)c1ccc(Oc2ccc(-c3nc(CC(=O)O)cs3)cc2)cc1. The van der Waals surface area contributed by atoms with E-state index in [9.17, 15) is 4.79 Å². The van der Waals surface area contributed by atoms with Gasteiger partial charge in [0.25, 0.3) is 0 Å². The maximum absolute atomic E-state index is 10.8. The fourth-order valence-electron chi connectivity index (χ4n) is 2.66. The molecule has 0 aliphatic heterocycles. The van der Waals surface area contributed by atoms with Gasteiger partial charge in [-0.3, -0.25) is 4.79 Å². The second kappa shape index (κ2) is 7.92. The Labute approximate surface area is 163 Å². The van der Waals surface area contributed by atoms with Crippen LogP contribution in [-0.4, -0.2) is 16.1 Å². The third kappa shape index (κ3) is 4.74. The number of aliphatic carboxylic acids is 1. The third-order valence-electron chi connectivity index (χ3n) is 4.74. The molecule has 140 valence electrons. The molecule has 0 saturated heterocycles. The van der Waals surface area contributed by atoms with Crippen LogP contribution >= 0.6 is 11.3 Å². The number of hydrogen-bond acceptors (Lipinski definition) is 4. The van der Waals surface area contributed by atoms with Gasteiger partial charge in [0.1, 0.15) is 16.5 Å². The number of carboxylic acids is 1. The molecule has 27 heavy (non-hydrogen) atoms. The molecule has 0 fully saturated rings. The van der Waals surface area contributed by atoms with Crippen LogP contribution in [0.25, 0.3) is 10.6 Å². The Hall–Kier alpha value is -2.66. The van der Waals surface area contributed by atoms with Gasteiger partial charge >= 0.3 is 5.97 Å². The van der Waals surface area contributed by atoms with Gasteiger partial charge in [0.2, 0.25) is 0 Å². The van der Waals surface area contributed by atoms with Gasteiger partial charge in [0.15, 0.2) is 0 Å². The Morgan fingerprint density at radius 3 is 2.22 bits per heavy atom. The number of benzene rings is 2. The molecular weight excluding hydrogens is 358 g/mol. The van der Waals surface area contributed by atoms with Crippen molar-refractivity contribution in [1.82, 2.24) is 4.98 Å². The molecule has 0 saturated carbocycles. The van der Waals surface area contributed by atoms with E-state index in [4.69, 9.17) is 9.84 Å². The Kier molecular flexibility index (Phi) is 5.61. The lowest BCUT2D eigenvalue weighted by molar-refractivity contribution is -0.136. The fraction of sp³-hybridized carbons (Fsp3) is 0.273. The number of hydrogen-bond donors (Lipinski definition) is 1. The molecule has 0 atom stereocenters. The highest BCUT2D eigenvalue weighted by atomic mass is 32.1. The Bertz CT molecular complexity index is 911. The predicted molar refractivity (Wildman–Crippen MR) is 109 cm³/mol. The number of ether oxygens (including phenoxy) is 1. The van der Waals surface area contributed by atoms with Crippen molar-refractivity contribution < 1.29 is 14.6 Å². The average Bonchev–Trinajstić information content (AvgIpc) is 3.10. The van der Waals surface area contributed by atoms with E-state index >= 15 is 0 Å². The van der Waals surface area contributed by atoms with E-state index in [1.54, 1.807) is 5.38 Å². The summed E-state index contributed by atoms with van der Waals surface area (Å²) >= 11 is 1.45. The van der Waals surface area contributed by atoms with Gasteiger partial charge in [-0.25, -0.2) is 4.98 Å². The second-order valence-electron chi connectivity index (χ2n) is 7.10. The number of thiazole rings is 1. The summed E-state index contributed by atoms with van der Waals surface area (Å²) in [5, 5.41) is 11.4. The van der Waals surface area contributed by atoms with E-state index in [0.29, 0.717) is 5.69 Å². The smallest absolute Gasteiger partial charge is 0.309 e. The summed E-state index contributed by atoms with van der Waals surface area (Å²) < 4.78 is 5.93. The summed E-state index contributed by atoms with van der Waals surface area (Å²) in [6, 6.07) is 15.9. The second-order valence-corrected chi connectivity index (χ2v) is 7.96. The van der Waals surface area contributed by atoms with Gasteiger partial charge in [0, 0.05) is 10.9 Å². The number of carboxylic acid groups (broad SMARTS) is 1. The largest absolute Gasteiger partial charge is 0.481 e. The van der Waals surface area contributed by atoms with Crippen LogP contribution in [0.2, 0.25) is 0 Å². The average molecular weight is 381 g/mol. The molecule has 3 aromatic rings. The molecule has 0 unspecified atom stereocenters. The summed E-state index contributed by atoms with van der Waals surface area (Å²) in [4.78, 5) is 15.1. The van der Waals surface area contributed by atoms with Crippen LogP contribution in [0.4, 0.5) is 0 Å². The Morgan fingerprint density at radius 1 is 1.07 bits per heavy atom. The van der Waals surface area contributed by atoms with Crippen molar-refractivity contribution in [2.45, 2.75) is 39.0 Å². The quantitative estimate of drug-likeness (QED) is 0.552. The summed E-state index contributed by atoms with van der Waals surface area (Å²) in [6.45, 7) is 6.67. The van der Waals surface area contributed by atoms with E-state index in [2.05, 4.69) is 37.9 Å². The Morgan fingerprint density at radius 2 is 1.67 bits per heavy atom. The van der Waals surface area contributed by atoms with E-state index in [0.717, 1.165) is 28.5 Å². The highest BCUT2D eigenvalue weighted by molar-refractivity contribution is 7.13. The van der Waals surface area contributed by atoms with Gasteiger partial charge in [-0.1, -0.05) is 32.9 Å². The van der Waals surface area contributed by atoms with E-state index < -0.39 is 5.97 Å². The zero-order valence-electron chi connectivity index (χ0n) is 15.7. The lowest BCUT2D eigenvalue weighted by Crippen LogP contribution is -2.14. The van der Waals surface area contributed by atoms with Crippen molar-refractivity contribution >= 4 is 17.3 Å². The molecule has 4 nitrogen and oxygen atoms in total. The lowest BCUT2D eigenvalue weighted by Gasteiger charge is -2.23. The Balaban J connectivity index is 1.69. The number of rotatable bonds is 7. The summed E-state index contributed by atoms with van der Waals surface area (Å²) in [6.07, 6.45) is 1.03. The van der Waals surface area contributed by atoms with E-state index in [1.165, 1.54) is 16.9 Å². The molecule has 0 bridgehead atoms. The minimum atomic E-state index is -0.871. The molecule has 0 spiro atoms. The standard InChI is InChI=1S/C22H23NO3S/c1-4-22(2,3)16-7-11-19(12-8-16)26-18-9-5-15(6-10-18)21-23-17(14-27-21)13-20(24)25/h5-12,14H,4,13H2,1-3H3,(H,24,25).